The molecule has 3 heteroatoms. The summed E-state index contributed by atoms with van der Waals surface area (Å²) >= 11 is 1.78. The molecule has 1 aromatic rings. The molecule has 0 bridgehead atoms. The van der Waals surface area contributed by atoms with E-state index in [2.05, 4.69) is 29.5 Å². The lowest BCUT2D eigenvalue weighted by molar-refractivity contribution is 0.453. The van der Waals surface area contributed by atoms with Crippen LogP contribution in [0.2, 0.25) is 0 Å². The summed E-state index contributed by atoms with van der Waals surface area (Å²) in [7, 11) is 0. The Morgan fingerprint density at radius 1 is 1.60 bits per heavy atom. The summed E-state index contributed by atoms with van der Waals surface area (Å²) in [6.07, 6.45) is 5.22. The fraction of sp³-hybridized carbons (Fsp3) is 0.750. The monoisotopic (exact) mass is 224 g/mol. The van der Waals surface area contributed by atoms with Gasteiger partial charge in [0, 0.05) is 30.1 Å². The largest absolute Gasteiger partial charge is 0.313 e. The average Bonchev–Trinajstić information content (AvgIpc) is 2.98. The van der Waals surface area contributed by atoms with Crippen LogP contribution in [0, 0.1) is 12.8 Å². The van der Waals surface area contributed by atoms with Crippen LogP contribution in [0.3, 0.4) is 0 Å². The maximum atomic E-state index is 4.47. The first kappa shape index (κ1) is 11.1. The predicted molar refractivity (Wildman–Crippen MR) is 65.4 cm³/mol. The summed E-state index contributed by atoms with van der Waals surface area (Å²) in [4.78, 5) is 4.47. The molecule has 0 spiro atoms. The smallest absolute Gasteiger partial charge is 0.0940 e. The Labute approximate surface area is 96.1 Å². The van der Waals surface area contributed by atoms with Gasteiger partial charge in [0.05, 0.1) is 5.01 Å². The molecule has 0 radical (unpaired) electrons. The van der Waals surface area contributed by atoms with Crippen LogP contribution >= 0.6 is 11.3 Å². The number of hydrogen-bond acceptors (Lipinski definition) is 3. The predicted octanol–water partition coefficient (Wildman–Crippen LogP) is 2.77. The van der Waals surface area contributed by atoms with Crippen molar-refractivity contribution in [3.63, 3.8) is 0 Å². The highest BCUT2D eigenvalue weighted by Crippen LogP contribution is 2.33. The minimum atomic E-state index is 0.756. The van der Waals surface area contributed by atoms with Crippen molar-refractivity contribution in [2.75, 3.05) is 6.54 Å². The van der Waals surface area contributed by atoms with E-state index in [-0.39, 0.29) is 0 Å². The zero-order valence-electron chi connectivity index (χ0n) is 9.62. The van der Waals surface area contributed by atoms with Crippen molar-refractivity contribution in [2.24, 2.45) is 5.92 Å². The molecule has 2 nitrogen and oxygen atoms in total. The standard InChI is InChI=1S/C12H20N2S/c1-3-11(10-4-5-10)13-7-6-12-14-9(2)8-15-12/h8,10-11,13H,3-7H2,1-2H3. The molecule has 1 aromatic heterocycles. The number of aromatic nitrogens is 1. The normalized spacial score (nSPS) is 18.0. The van der Waals surface area contributed by atoms with Gasteiger partial charge in [0.25, 0.3) is 0 Å². The molecule has 1 fully saturated rings. The molecule has 15 heavy (non-hydrogen) atoms. The lowest BCUT2D eigenvalue weighted by atomic mass is 10.1. The van der Waals surface area contributed by atoms with Gasteiger partial charge in [0.2, 0.25) is 0 Å². The molecule has 1 aliphatic rings. The Hall–Kier alpha value is -0.410. The fourth-order valence-electron chi connectivity index (χ4n) is 2.02. The third-order valence-corrected chi connectivity index (χ3v) is 4.07. The molecule has 0 amide bonds. The molecule has 1 saturated carbocycles. The van der Waals surface area contributed by atoms with Crippen LogP contribution in [0.25, 0.3) is 0 Å². The van der Waals surface area contributed by atoms with Crippen LogP contribution in [0.1, 0.15) is 36.9 Å². The second kappa shape index (κ2) is 5.08. The van der Waals surface area contributed by atoms with Crippen LogP contribution < -0.4 is 5.32 Å². The summed E-state index contributed by atoms with van der Waals surface area (Å²) in [6, 6.07) is 0.756. The highest BCUT2D eigenvalue weighted by Gasteiger charge is 2.29. The molecule has 1 unspecified atom stereocenters. The molecule has 1 aliphatic carbocycles. The molecular weight excluding hydrogens is 204 g/mol. The van der Waals surface area contributed by atoms with Crippen molar-refractivity contribution in [2.45, 2.75) is 45.6 Å². The van der Waals surface area contributed by atoms with E-state index in [0.717, 1.165) is 30.6 Å². The van der Waals surface area contributed by atoms with Gasteiger partial charge in [0.1, 0.15) is 0 Å². The van der Waals surface area contributed by atoms with Gasteiger partial charge in [-0.2, -0.15) is 0 Å². The number of nitrogens with zero attached hydrogens (tertiary/aromatic N) is 1. The van der Waals surface area contributed by atoms with Crippen LogP contribution in [-0.4, -0.2) is 17.6 Å². The van der Waals surface area contributed by atoms with Gasteiger partial charge in [-0.15, -0.1) is 11.3 Å². The SMILES string of the molecule is CCC(NCCc1nc(C)cs1)C1CC1. The minimum absolute atomic E-state index is 0.756. The van der Waals surface area contributed by atoms with Crippen molar-refractivity contribution in [3.8, 4) is 0 Å². The quantitative estimate of drug-likeness (QED) is 0.803. The Balaban J connectivity index is 1.69. The number of thiazole rings is 1. The first-order valence-corrected chi connectivity index (χ1v) is 6.82. The summed E-state index contributed by atoms with van der Waals surface area (Å²) < 4.78 is 0. The van der Waals surface area contributed by atoms with Crippen molar-refractivity contribution < 1.29 is 0 Å². The van der Waals surface area contributed by atoms with Crippen molar-refractivity contribution >= 4 is 11.3 Å². The molecule has 0 aliphatic heterocycles. The molecule has 1 heterocycles. The van der Waals surface area contributed by atoms with E-state index in [9.17, 15) is 0 Å². The third kappa shape index (κ3) is 3.28. The van der Waals surface area contributed by atoms with Crippen molar-refractivity contribution in [1.29, 1.82) is 0 Å². The van der Waals surface area contributed by atoms with Gasteiger partial charge in [0.15, 0.2) is 0 Å². The van der Waals surface area contributed by atoms with Crippen LogP contribution in [0.4, 0.5) is 0 Å². The van der Waals surface area contributed by atoms with Crippen LogP contribution in [0.15, 0.2) is 5.38 Å². The van der Waals surface area contributed by atoms with E-state index >= 15 is 0 Å². The highest BCUT2D eigenvalue weighted by atomic mass is 32.1. The van der Waals surface area contributed by atoms with Gasteiger partial charge in [-0.3, -0.25) is 0 Å². The second-order valence-electron chi connectivity index (χ2n) is 4.44. The van der Waals surface area contributed by atoms with Gasteiger partial charge >= 0.3 is 0 Å². The zero-order chi connectivity index (χ0) is 10.7. The van der Waals surface area contributed by atoms with Crippen molar-refractivity contribution in [1.82, 2.24) is 10.3 Å². The number of aryl methyl sites for hydroxylation is 1. The van der Waals surface area contributed by atoms with E-state index in [1.54, 1.807) is 11.3 Å². The Morgan fingerprint density at radius 3 is 2.93 bits per heavy atom. The zero-order valence-corrected chi connectivity index (χ0v) is 10.4. The summed E-state index contributed by atoms with van der Waals surface area (Å²) in [6.45, 7) is 5.43. The first-order chi connectivity index (χ1) is 7.29. The second-order valence-corrected chi connectivity index (χ2v) is 5.38. The molecular formula is C12H20N2S. The van der Waals surface area contributed by atoms with Crippen LogP contribution in [0.5, 0.6) is 0 Å². The lowest BCUT2D eigenvalue weighted by Crippen LogP contribution is -2.32. The van der Waals surface area contributed by atoms with E-state index in [4.69, 9.17) is 0 Å². The minimum Gasteiger partial charge on any atom is -0.313 e. The van der Waals surface area contributed by atoms with Gasteiger partial charge in [-0.1, -0.05) is 6.92 Å². The number of rotatable bonds is 6. The third-order valence-electron chi connectivity index (χ3n) is 3.04. The summed E-state index contributed by atoms with van der Waals surface area (Å²) in [5, 5.41) is 7.06. The lowest BCUT2D eigenvalue weighted by Gasteiger charge is -2.15. The van der Waals surface area contributed by atoms with Gasteiger partial charge < -0.3 is 5.32 Å². The van der Waals surface area contributed by atoms with E-state index in [0.29, 0.717) is 0 Å². The van der Waals surface area contributed by atoms with E-state index < -0.39 is 0 Å². The van der Waals surface area contributed by atoms with E-state index in [1.807, 2.05) is 0 Å². The Bertz CT molecular complexity index is 304. The molecule has 0 saturated heterocycles. The fourth-order valence-corrected chi connectivity index (χ4v) is 2.80. The number of hydrogen-bond donors (Lipinski definition) is 1. The molecule has 2 rings (SSSR count). The van der Waals surface area contributed by atoms with Gasteiger partial charge in [-0.05, 0) is 32.1 Å². The maximum absolute atomic E-state index is 4.47. The Kier molecular flexibility index (Phi) is 3.76. The summed E-state index contributed by atoms with van der Waals surface area (Å²) in [5.74, 6) is 0.966. The topological polar surface area (TPSA) is 24.9 Å². The molecule has 1 atom stereocenters. The van der Waals surface area contributed by atoms with Crippen molar-refractivity contribution in [3.05, 3.63) is 16.1 Å². The number of nitrogens with one attached hydrogen (secondary N) is 1. The van der Waals surface area contributed by atoms with Gasteiger partial charge in [-0.25, -0.2) is 4.98 Å². The molecule has 1 N–H and O–H groups in total. The van der Waals surface area contributed by atoms with Crippen LogP contribution in [-0.2, 0) is 6.42 Å². The maximum Gasteiger partial charge on any atom is 0.0940 e. The summed E-state index contributed by atoms with van der Waals surface area (Å²) in [5.41, 5.74) is 1.16. The molecule has 0 aromatic carbocycles. The van der Waals surface area contributed by atoms with E-state index in [1.165, 1.54) is 24.3 Å². The average molecular weight is 224 g/mol. The first-order valence-electron chi connectivity index (χ1n) is 5.94. The molecule has 84 valence electrons. The highest BCUT2D eigenvalue weighted by molar-refractivity contribution is 7.09. The Morgan fingerprint density at radius 2 is 2.40 bits per heavy atom.